The first-order chi connectivity index (χ1) is 8.96. The molecule has 1 heterocycles. The van der Waals surface area contributed by atoms with E-state index in [2.05, 4.69) is 4.98 Å². The fraction of sp³-hybridized carbons (Fsp3) is 0.714. The summed E-state index contributed by atoms with van der Waals surface area (Å²) in [5.41, 5.74) is -0.147. The number of hydrogen-bond donors (Lipinski definition) is 0. The summed E-state index contributed by atoms with van der Waals surface area (Å²) in [5.74, 6) is -0.230. The van der Waals surface area contributed by atoms with Crippen LogP contribution >= 0.6 is 11.3 Å². The normalized spacial score (nSPS) is 17.9. The zero-order valence-corrected chi connectivity index (χ0v) is 12.8. The number of nitrogens with zero attached hydrogens (tertiary/aromatic N) is 1. The molecule has 0 unspecified atom stereocenters. The number of ether oxygens (including phenoxy) is 2. The van der Waals surface area contributed by atoms with Crippen LogP contribution in [0.4, 0.5) is 0 Å². The highest BCUT2D eigenvalue weighted by Gasteiger charge is 2.43. The molecule has 1 aliphatic rings. The van der Waals surface area contributed by atoms with Crippen molar-refractivity contribution < 1.29 is 14.3 Å². The number of esters is 1. The molecule has 106 valence electrons. The summed E-state index contributed by atoms with van der Waals surface area (Å²) >= 11 is 1.58. The first-order valence-corrected chi connectivity index (χ1v) is 7.53. The second kappa shape index (κ2) is 5.21. The number of thiazole rings is 1. The van der Waals surface area contributed by atoms with Crippen molar-refractivity contribution in [2.45, 2.75) is 51.0 Å². The lowest BCUT2D eigenvalue weighted by Gasteiger charge is -2.38. The molecule has 0 aromatic carbocycles. The highest BCUT2D eigenvalue weighted by molar-refractivity contribution is 7.09. The van der Waals surface area contributed by atoms with Crippen LogP contribution in [0, 0.1) is 0 Å². The van der Waals surface area contributed by atoms with E-state index in [0.29, 0.717) is 6.61 Å². The van der Waals surface area contributed by atoms with Gasteiger partial charge in [0.15, 0.2) is 0 Å². The second-order valence-electron chi connectivity index (χ2n) is 5.44. The minimum Gasteiger partial charge on any atom is -0.465 e. The fourth-order valence-corrected chi connectivity index (χ4v) is 3.41. The van der Waals surface area contributed by atoms with Crippen LogP contribution in [0.5, 0.6) is 0 Å². The number of carbonyl (C=O) groups excluding carboxylic acids is 1. The Bertz CT molecular complexity index is 458. The van der Waals surface area contributed by atoms with Gasteiger partial charge < -0.3 is 9.47 Å². The number of methoxy groups -OCH3 is 1. The van der Waals surface area contributed by atoms with Crippen LogP contribution in [-0.2, 0) is 25.3 Å². The fourth-order valence-electron chi connectivity index (χ4n) is 2.19. The van der Waals surface area contributed by atoms with Crippen LogP contribution in [0.3, 0.4) is 0 Å². The zero-order chi connectivity index (χ0) is 14.1. The van der Waals surface area contributed by atoms with Crippen LogP contribution in [0.1, 0.15) is 50.7 Å². The van der Waals surface area contributed by atoms with Crippen LogP contribution in [0.15, 0.2) is 5.38 Å². The van der Waals surface area contributed by atoms with Crippen molar-refractivity contribution >= 4 is 17.3 Å². The van der Waals surface area contributed by atoms with E-state index in [4.69, 9.17) is 9.47 Å². The summed E-state index contributed by atoms with van der Waals surface area (Å²) < 4.78 is 10.7. The Morgan fingerprint density at radius 3 is 2.68 bits per heavy atom. The molecular formula is C14H21NO3S. The van der Waals surface area contributed by atoms with E-state index in [1.165, 1.54) is 6.42 Å². The van der Waals surface area contributed by atoms with E-state index >= 15 is 0 Å². The van der Waals surface area contributed by atoms with Gasteiger partial charge in [0.1, 0.15) is 16.0 Å². The van der Waals surface area contributed by atoms with Crippen LogP contribution in [-0.4, -0.2) is 24.7 Å². The topological polar surface area (TPSA) is 48.4 Å². The van der Waals surface area contributed by atoms with Gasteiger partial charge in [0, 0.05) is 12.5 Å². The highest BCUT2D eigenvalue weighted by Crippen LogP contribution is 2.46. The molecule has 0 radical (unpaired) electrons. The Hall–Kier alpha value is -0.940. The molecule has 1 fully saturated rings. The van der Waals surface area contributed by atoms with Crippen LogP contribution in [0.2, 0.25) is 0 Å². The van der Waals surface area contributed by atoms with E-state index < -0.39 is 5.41 Å². The average molecular weight is 283 g/mol. The predicted molar refractivity (Wildman–Crippen MR) is 74.3 cm³/mol. The van der Waals surface area contributed by atoms with E-state index in [9.17, 15) is 4.79 Å². The van der Waals surface area contributed by atoms with Crippen molar-refractivity contribution in [3.63, 3.8) is 0 Å². The summed E-state index contributed by atoms with van der Waals surface area (Å²) in [7, 11) is 1.73. The van der Waals surface area contributed by atoms with Gasteiger partial charge in [0.2, 0.25) is 0 Å². The Balaban J connectivity index is 2.23. The van der Waals surface area contributed by atoms with Gasteiger partial charge >= 0.3 is 5.97 Å². The molecule has 19 heavy (non-hydrogen) atoms. The summed E-state index contributed by atoms with van der Waals surface area (Å²) in [6.07, 6.45) is 3.19. The number of carbonyl (C=O) groups is 1. The van der Waals surface area contributed by atoms with Crippen molar-refractivity contribution in [1.29, 1.82) is 0 Å². The molecule has 0 N–H and O–H groups in total. The largest absolute Gasteiger partial charge is 0.465 e. The third kappa shape index (κ3) is 2.41. The number of hydrogen-bond acceptors (Lipinski definition) is 5. The zero-order valence-electron chi connectivity index (χ0n) is 12.0. The van der Waals surface area contributed by atoms with Crippen molar-refractivity contribution in [3.05, 3.63) is 16.1 Å². The van der Waals surface area contributed by atoms with Gasteiger partial charge in [-0.2, -0.15) is 0 Å². The molecule has 0 saturated heterocycles. The lowest BCUT2D eigenvalue weighted by atomic mass is 9.80. The summed E-state index contributed by atoms with van der Waals surface area (Å²) in [5, 5.41) is 2.93. The lowest BCUT2D eigenvalue weighted by Crippen LogP contribution is -2.36. The molecule has 2 rings (SSSR count). The maximum atomic E-state index is 12.0. The van der Waals surface area contributed by atoms with E-state index in [0.717, 1.165) is 23.5 Å². The SMILES string of the molecule is CCOC(=O)C(C)(C)c1csc(C2(OC)CCC2)n1. The quantitative estimate of drug-likeness (QED) is 0.779. The number of rotatable bonds is 5. The van der Waals surface area contributed by atoms with Gasteiger partial charge in [-0.05, 0) is 40.0 Å². The molecule has 5 heteroatoms. The van der Waals surface area contributed by atoms with Gasteiger partial charge in [0.25, 0.3) is 0 Å². The first kappa shape index (κ1) is 14.5. The number of aromatic nitrogens is 1. The molecule has 0 amide bonds. The second-order valence-corrected chi connectivity index (χ2v) is 6.29. The molecule has 0 atom stereocenters. The van der Waals surface area contributed by atoms with E-state index in [-0.39, 0.29) is 11.6 Å². The lowest BCUT2D eigenvalue weighted by molar-refractivity contribution is -0.149. The minimum absolute atomic E-state index is 0.215. The first-order valence-electron chi connectivity index (χ1n) is 6.65. The van der Waals surface area contributed by atoms with E-state index in [1.807, 2.05) is 26.2 Å². The summed E-state index contributed by atoms with van der Waals surface area (Å²) in [6, 6.07) is 0. The molecule has 4 nitrogen and oxygen atoms in total. The van der Waals surface area contributed by atoms with Gasteiger partial charge in [-0.3, -0.25) is 4.79 Å². The van der Waals surface area contributed by atoms with Gasteiger partial charge in [-0.15, -0.1) is 11.3 Å². The summed E-state index contributed by atoms with van der Waals surface area (Å²) in [6.45, 7) is 5.91. The smallest absolute Gasteiger partial charge is 0.317 e. The Morgan fingerprint density at radius 1 is 1.53 bits per heavy atom. The van der Waals surface area contributed by atoms with Crippen LogP contribution < -0.4 is 0 Å². The van der Waals surface area contributed by atoms with Gasteiger partial charge in [-0.1, -0.05) is 0 Å². The molecule has 1 aromatic heterocycles. The maximum Gasteiger partial charge on any atom is 0.317 e. The minimum atomic E-state index is -0.705. The summed E-state index contributed by atoms with van der Waals surface area (Å²) in [4.78, 5) is 16.6. The molecule has 0 spiro atoms. The van der Waals surface area contributed by atoms with Crippen molar-refractivity contribution in [2.24, 2.45) is 0 Å². The Morgan fingerprint density at radius 2 is 2.21 bits per heavy atom. The van der Waals surface area contributed by atoms with Gasteiger partial charge in [0.05, 0.1) is 12.3 Å². The predicted octanol–water partition coefficient (Wildman–Crippen LogP) is 3.01. The molecule has 1 aliphatic carbocycles. The van der Waals surface area contributed by atoms with E-state index in [1.54, 1.807) is 18.4 Å². The van der Waals surface area contributed by atoms with Gasteiger partial charge in [-0.25, -0.2) is 4.98 Å². The highest BCUT2D eigenvalue weighted by atomic mass is 32.1. The monoisotopic (exact) mass is 283 g/mol. The van der Waals surface area contributed by atoms with Crippen LogP contribution in [0.25, 0.3) is 0 Å². The third-order valence-electron chi connectivity index (χ3n) is 3.87. The molecule has 0 bridgehead atoms. The van der Waals surface area contributed by atoms with Crippen molar-refractivity contribution in [1.82, 2.24) is 4.98 Å². The third-order valence-corrected chi connectivity index (χ3v) is 4.90. The molecule has 1 saturated carbocycles. The van der Waals surface area contributed by atoms with Crippen molar-refractivity contribution in [3.8, 4) is 0 Å². The maximum absolute atomic E-state index is 12.0. The molecular weight excluding hydrogens is 262 g/mol. The average Bonchev–Trinajstić information content (AvgIpc) is 2.79. The molecule has 0 aliphatic heterocycles. The molecule has 1 aromatic rings. The Labute approximate surface area is 118 Å². The van der Waals surface area contributed by atoms with Crippen molar-refractivity contribution in [2.75, 3.05) is 13.7 Å². The Kier molecular flexibility index (Phi) is 3.97. The standard InChI is InChI=1S/C14H21NO3S/c1-5-18-12(16)13(2,3)10-9-19-11(15-10)14(17-4)7-6-8-14/h9H,5-8H2,1-4H3.